The normalized spacial score (nSPS) is 17.3. The van der Waals surface area contributed by atoms with E-state index in [1.54, 1.807) is 0 Å². The summed E-state index contributed by atoms with van der Waals surface area (Å²) in [6, 6.07) is 7.68. The highest BCUT2D eigenvalue weighted by molar-refractivity contribution is 5.86. The smallest absolute Gasteiger partial charge is 0.239 e. The van der Waals surface area contributed by atoms with Crippen molar-refractivity contribution >= 4 is 11.8 Å². The summed E-state index contributed by atoms with van der Waals surface area (Å²) in [5, 5.41) is 5.06. The first-order chi connectivity index (χ1) is 8.70. The Balaban J connectivity index is 1.92. The molecule has 1 aliphatic rings. The van der Waals surface area contributed by atoms with E-state index in [2.05, 4.69) is 10.6 Å². The summed E-state index contributed by atoms with van der Waals surface area (Å²) in [5.74, 6) is 0.256. The van der Waals surface area contributed by atoms with Gasteiger partial charge in [-0.3, -0.25) is 9.59 Å². The summed E-state index contributed by atoms with van der Waals surface area (Å²) in [5.41, 5.74) is 1.03. The van der Waals surface area contributed by atoms with Gasteiger partial charge in [0, 0.05) is 7.05 Å². The number of amides is 2. The first kappa shape index (κ1) is 12.4. The number of nitrogens with one attached hydrogen (secondary N) is 2. The SMILES string of the molecule is CNC(=O)CNC(=O)C1COc2ccccc2C1. The van der Waals surface area contributed by atoms with Crippen LogP contribution in [0, 0.1) is 5.92 Å². The van der Waals surface area contributed by atoms with Crippen LogP contribution in [0.4, 0.5) is 0 Å². The van der Waals surface area contributed by atoms with E-state index < -0.39 is 0 Å². The number of hydrogen-bond acceptors (Lipinski definition) is 3. The zero-order valence-corrected chi connectivity index (χ0v) is 10.2. The van der Waals surface area contributed by atoms with Crippen molar-refractivity contribution in [2.75, 3.05) is 20.2 Å². The van der Waals surface area contributed by atoms with Crippen LogP contribution in [0.15, 0.2) is 24.3 Å². The highest BCUT2D eigenvalue weighted by atomic mass is 16.5. The van der Waals surface area contributed by atoms with Crippen molar-refractivity contribution in [2.45, 2.75) is 6.42 Å². The predicted octanol–water partition coefficient (Wildman–Crippen LogP) is 0.0999. The number of carbonyl (C=O) groups is 2. The van der Waals surface area contributed by atoms with Crippen LogP contribution < -0.4 is 15.4 Å². The lowest BCUT2D eigenvalue weighted by molar-refractivity contribution is -0.129. The van der Waals surface area contributed by atoms with Crippen LogP contribution in [-0.2, 0) is 16.0 Å². The average Bonchev–Trinajstić information content (AvgIpc) is 2.43. The molecule has 5 nitrogen and oxygen atoms in total. The lowest BCUT2D eigenvalue weighted by atomic mass is 9.96. The van der Waals surface area contributed by atoms with E-state index in [0.29, 0.717) is 13.0 Å². The van der Waals surface area contributed by atoms with Crippen LogP contribution in [0.5, 0.6) is 5.75 Å². The maximum atomic E-state index is 11.9. The molecule has 1 unspecified atom stereocenters. The minimum absolute atomic E-state index is 0.00742. The fourth-order valence-electron chi connectivity index (χ4n) is 1.90. The van der Waals surface area contributed by atoms with Crippen LogP contribution in [0.2, 0.25) is 0 Å². The Morgan fingerprint density at radius 2 is 2.17 bits per heavy atom. The molecular formula is C13H16N2O3. The first-order valence-electron chi connectivity index (χ1n) is 5.89. The molecule has 0 fully saturated rings. The Morgan fingerprint density at radius 1 is 1.39 bits per heavy atom. The summed E-state index contributed by atoms with van der Waals surface area (Å²) < 4.78 is 5.53. The second kappa shape index (κ2) is 5.53. The van der Waals surface area contributed by atoms with Crippen molar-refractivity contribution in [3.8, 4) is 5.75 Å². The second-order valence-corrected chi connectivity index (χ2v) is 4.21. The quantitative estimate of drug-likeness (QED) is 0.797. The molecule has 0 saturated carbocycles. The third-order valence-electron chi connectivity index (χ3n) is 2.95. The van der Waals surface area contributed by atoms with Gasteiger partial charge in [-0.15, -0.1) is 0 Å². The molecule has 18 heavy (non-hydrogen) atoms. The van der Waals surface area contributed by atoms with Crippen molar-refractivity contribution in [3.05, 3.63) is 29.8 Å². The van der Waals surface area contributed by atoms with E-state index >= 15 is 0 Å². The molecule has 1 atom stereocenters. The Hall–Kier alpha value is -2.04. The van der Waals surface area contributed by atoms with Gasteiger partial charge in [-0.2, -0.15) is 0 Å². The topological polar surface area (TPSA) is 67.4 Å². The van der Waals surface area contributed by atoms with E-state index in [1.807, 2.05) is 24.3 Å². The van der Waals surface area contributed by atoms with Crippen molar-refractivity contribution in [1.29, 1.82) is 0 Å². The number of fused-ring (bicyclic) bond motifs is 1. The average molecular weight is 248 g/mol. The molecule has 0 saturated heterocycles. The largest absolute Gasteiger partial charge is 0.492 e. The van der Waals surface area contributed by atoms with E-state index in [-0.39, 0.29) is 24.3 Å². The molecule has 96 valence electrons. The highest BCUT2D eigenvalue weighted by Crippen LogP contribution is 2.26. The number of ether oxygens (including phenoxy) is 1. The number of hydrogen-bond donors (Lipinski definition) is 2. The van der Waals surface area contributed by atoms with Gasteiger partial charge in [-0.05, 0) is 18.1 Å². The summed E-state index contributed by atoms with van der Waals surface area (Å²) in [6.07, 6.45) is 0.649. The van der Waals surface area contributed by atoms with Gasteiger partial charge in [0.25, 0.3) is 0 Å². The summed E-state index contributed by atoms with van der Waals surface area (Å²) in [6.45, 7) is 0.365. The van der Waals surface area contributed by atoms with Gasteiger partial charge in [0.15, 0.2) is 0 Å². The molecule has 0 bridgehead atoms. The molecule has 2 N–H and O–H groups in total. The third kappa shape index (κ3) is 2.80. The van der Waals surface area contributed by atoms with Gasteiger partial charge in [0.1, 0.15) is 12.4 Å². The molecule has 1 aromatic rings. The Labute approximate surface area is 106 Å². The van der Waals surface area contributed by atoms with Gasteiger partial charge in [0.05, 0.1) is 12.5 Å². The van der Waals surface area contributed by atoms with Crippen LogP contribution >= 0.6 is 0 Å². The molecule has 5 heteroatoms. The van der Waals surface area contributed by atoms with Crippen LogP contribution in [0.1, 0.15) is 5.56 Å². The summed E-state index contributed by atoms with van der Waals surface area (Å²) in [7, 11) is 1.54. The van der Waals surface area contributed by atoms with Crippen molar-refractivity contribution in [1.82, 2.24) is 10.6 Å². The number of para-hydroxylation sites is 1. The molecule has 1 heterocycles. The molecule has 1 aromatic carbocycles. The van der Waals surface area contributed by atoms with Crippen molar-refractivity contribution < 1.29 is 14.3 Å². The minimum atomic E-state index is -0.232. The minimum Gasteiger partial charge on any atom is -0.492 e. The number of rotatable bonds is 3. The lowest BCUT2D eigenvalue weighted by Gasteiger charge is -2.24. The third-order valence-corrected chi connectivity index (χ3v) is 2.95. The fourth-order valence-corrected chi connectivity index (χ4v) is 1.90. The second-order valence-electron chi connectivity index (χ2n) is 4.21. The van der Waals surface area contributed by atoms with E-state index in [4.69, 9.17) is 4.74 Å². The first-order valence-corrected chi connectivity index (χ1v) is 5.89. The van der Waals surface area contributed by atoms with E-state index in [0.717, 1.165) is 11.3 Å². The number of likely N-dealkylation sites (N-methyl/N-ethyl adjacent to an activating group) is 1. The Kier molecular flexibility index (Phi) is 3.82. The predicted molar refractivity (Wildman–Crippen MR) is 66.2 cm³/mol. The number of benzene rings is 1. The van der Waals surface area contributed by atoms with Gasteiger partial charge in [-0.1, -0.05) is 18.2 Å². The fraction of sp³-hybridized carbons (Fsp3) is 0.385. The van der Waals surface area contributed by atoms with Crippen LogP contribution in [0.3, 0.4) is 0 Å². The lowest BCUT2D eigenvalue weighted by Crippen LogP contribution is -2.41. The molecule has 0 radical (unpaired) electrons. The molecule has 0 spiro atoms. The van der Waals surface area contributed by atoms with Gasteiger partial charge >= 0.3 is 0 Å². The van der Waals surface area contributed by atoms with E-state index in [1.165, 1.54) is 7.05 Å². The van der Waals surface area contributed by atoms with Gasteiger partial charge in [0.2, 0.25) is 11.8 Å². The summed E-state index contributed by atoms with van der Waals surface area (Å²) >= 11 is 0. The maximum absolute atomic E-state index is 11.9. The maximum Gasteiger partial charge on any atom is 0.239 e. The van der Waals surface area contributed by atoms with Gasteiger partial charge < -0.3 is 15.4 Å². The van der Waals surface area contributed by atoms with E-state index in [9.17, 15) is 9.59 Å². The zero-order chi connectivity index (χ0) is 13.0. The monoisotopic (exact) mass is 248 g/mol. The molecule has 2 rings (SSSR count). The highest BCUT2D eigenvalue weighted by Gasteiger charge is 2.25. The van der Waals surface area contributed by atoms with Gasteiger partial charge in [-0.25, -0.2) is 0 Å². The summed E-state index contributed by atoms with van der Waals surface area (Å²) in [4.78, 5) is 22.9. The van der Waals surface area contributed by atoms with Crippen LogP contribution in [-0.4, -0.2) is 32.0 Å². The van der Waals surface area contributed by atoms with Crippen LogP contribution in [0.25, 0.3) is 0 Å². The molecule has 1 aliphatic heterocycles. The Bertz CT molecular complexity index is 459. The zero-order valence-electron chi connectivity index (χ0n) is 10.2. The molecule has 0 aliphatic carbocycles. The standard InChI is InChI=1S/C13H16N2O3/c1-14-12(16)7-15-13(17)10-6-9-4-2-3-5-11(9)18-8-10/h2-5,10H,6-8H2,1H3,(H,14,16)(H,15,17). The molecular weight excluding hydrogens is 232 g/mol. The molecule has 0 aromatic heterocycles. The van der Waals surface area contributed by atoms with Crippen molar-refractivity contribution in [3.63, 3.8) is 0 Å². The van der Waals surface area contributed by atoms with Crippen molar-refractivity contribution in [2.24, 2.45) is 5.92 Å². The molecule has 2 amide bonds. The Morgan fingerprint density at radius 3 is 2.94 bits per heavy atom. The number of carbonyl (C=O) groups excluding carboxylic acids is 2.